The molecule has 1 aliphatic rings. The molecule has 0 fully saturated rings. The van der Waals surface area contributed by atoms with Crippen LogP contribution in [0.1, 0.15) is 17.2 Å². The maximum absolute atomic E-state index is 13.5. The van der Waals surface area contributed by atoms with Gasteiger partial charge in [0.25, 0.3) is 5.91 Å². The summed E-state index contributed by atoms with van der Waals surface area (Å²) in [6.45, 7) is 1.79. The average Bonchev–Trinajstić information content (AvgIpc) is 3.33. The highest BCUT2D eigenvalue weighted by atomic mass is 35.5. The fourth-order valence-electron chi connectivity index (χ4n) is 3.30. The molecule has 0 aliphatic carbocycles. The molecule has 0 unspecified atom stereocenters. The van der Waals surface area contributed by atoms with Crippen molar-refractivity contribution in [2.45, 2.75) is 17.9 Å². The van der Waals surface area contributed by atoms with Crippen LogP contribution in [0.4, 0.5) is 10.1 Å². The second-order valence-electron chi connectivity index (χ2n) is 6.90. The van der Waals surface area contributed by atoms with Gasteiger partial charge in [-0.15, -0.1) is 0 Å². The van der Waals surface area contributed by atoms with E-state index in [1.54, 1.807) is 19.1 Å². The number of aromatic nitrogens is 1. The van der Waals surface area contributed by atoms with E-state index in [-0.39, 0.29) is 15.0 Å². The van der Waals surface area contributed by atoms with Crippen molar-refractivity contribution in [3.63, 3.8) is 0 Å². The molecule has 4 rings (SSSR count). The van der Waals surface area contributed by atoms with Crippen LogP contribution in [0.3, 0.4) is 0 Å². The van der Waals surface area contributed by atoms with E-state index in [2.05, 4.69) is 4.98 Å². The lowest BCUT2D eigenvalue weighted by Gasteiger charge is -2.24. The predicted molar refractivity (Wildman–Crippen MR) is 118 cm³/mol. The molecule has 0 spiro atoms. The van der Waals surface area contributed by atoms with Crippen LogP contribution < -0.4 is 4.90 Å². The van der Waals surface area contributed by atoms with Crippen LogP contribution in [-0.2, 0) is 14.6 Å². The number of carbonyl (C=O) groups excluding carboxylic acids is 1. The quantitative estimate of drug-likeness (QED) is 0.414. The van der Waals surface area contributed by atoms with Gasteiger partial charge >= 0.3 is 5.00 Å². The highest BCUT2D eigenvalue weighted by molar-refractivity contribution is 7.95. The molecule has 32 heavy (non-hydrogen) atoms. The Balaban J connectivity index is 1.92. The Hall–Kier alpha value is -3.28. The first-order chi connectivity index (χ1) is 15.1. The number of anilines is 1. The van der Waals surface area contributed by atoms with E-state index in [0.29, 0.717) is 21.9 Å². The molecule has 0 bridgehead atoms. The summed E-state index contributed by atoms with van der Waals surface area (Å²) >= 11 is 6.55. The second kappa shape index (κ2) is 8.01. The number of hydrogen-bond donors (Lipinski definition) is 1. The summed E-state index contributed by atoms with van der Waals surface area (Å²) in [5, 5.41) is 21.7. The summed E-state index contributed by atoms with van der Waals surface area (Å²) in [6.07, 6.45) is 0.968. The van der Waals surface area contributed by atoms with Crippen molar-refractivity contribution in [1.29, 1.82) is 0 Å². The van der Waals surface area contributed by atoms with E-state index in [9.17, 15) is 28.4 Å². The molecule has 2 heterocycles. The number of hydrogen-bond acceptors (Lipinski definition) is 8. The SMILES string of the molecule is Cc1ccc(S(=O)(=O)C2=C(O)C(=O)N(c3ncc([N+](=O)[O-])s3)[C@H]2c2ccc(Cl)cc2)cc1. The minimum atomic E-state index is -4.32. The molecule has 0 saturated heterocycles. The Kier molecular flexibility index (Phi) is 5.49. The van der Waals surface area contributed by atoms with Crippen molar-refractivity contribution in [2.24, 2.45) is 0 Å². The van der Waals surface area contributed by atoms with Crippen LogP contribution in [0.2, 0.25) is 5.02 Å². The van der Waals surface area contributed by atoms with Gasteiger partial charge in [0.1, 0.15) is 17.1 Å². The number of nitrogens with zero attached hydrogens (tertiary/aromatic N) is 3. The minimum Gasteiger partial charge on any atom is -0.502 e. The molecule has 1 atom stereocenters. The highest BCUT2D eigenvalue weighted by Crippen LogP contribution is 2.46. The van der Waals surface area contributed by atoms with Gasteiger partial charge in [0.05, 0.1) is 9.82 Å². The number of nitro groups is 1. The maximum Gasteiger partial charge on any atom is 0.345 e. The lowest BCUT2D eigenvalue weighted by Crippen LogP contribution is -2.30. The molecule has 12 heteroatoms. The number of aryl methyl sites for hydroxylation is 1. The lowest BCUT2D eigenvalue weighted by molar-refractivity contribution is -0.380. The Morgan fingerprint density at radius 1 is 1.16 bits per heavy atom. The first-order valence-corrected chi connectivity index (χ1v) is 11.7. The number of benzene rings is 2. The number of carbonyl (C=O) groups is 1. The summed E-state index contributed by atoms with van der Waals surface area (Å²) in [5.41, 5.74) is 1.16. The molecular weight excluding hydrogens is 478 g/mol. The van der Waals surface area contributed by atoms with Crippen molar-refractivity contribution < 1.29 is 23.2 Å². The summed E-state index contributed by atoms with van der Waals surface area (Å²) in [7, 11) is -4.32. The molecule has 3 aromatic rings. The van der Waals surface area contributed by atoms with Crippen LogP contribution in [0.25, 0.3) is 0 Å². The predicted octanol–water partition coefficient (Wildman–Crippen LogP) is 4.34. The monoisotopic (exact) mass is 491 g/mol. The molecule has 1 aliphatic heterocycles. The molecule has 0 radical (unpaired) electrons. The van der Waals surface area contributed by atoms with E-state index in [4.69, 9.17) is 11.6 Å². The number of sulfone groups is 1. The highest BCUT2D eigenvalue weighted by Gasteiger charge is 2.49. The largest absolute Gasteiger partial charge is 0.502 e. The summed E-state index contributed by atoms with van der Waals surface area (Å²) < 4.78 is 27.0. The van der Waals surface area contributed by atoms with E-state index in [1.807, 2.05) is 0 Å². The Bertz CT molecular complexity index is 1370. The second-order valence-corrected chi connectivity index (χ2v) is 10.2. The van der Waals surface area contributed by atoms with Gasteiger partial charge in [-0.2, -0.15) is 0 Å². The van der Waals surface area contributed by atoms with Crippen molar-refractivity contribution in [2.75, 3.05) is 4.90 Å². The van der Waals surface area contributed by atoms with Gasteiger partial charge in [-0.05, 0) is 48.1 Å². The molecule has 164 valence electrons. The molecule has 0 saturated carbocycles. The van der Waals surface area contributed by atoms with Gasteiger partial charge in [-0.25, -0.2) is 13.4 Å². The van der Waals surface area contributed by atoms with Gasteiger partial charge < -0.3 is 5.11 Å². The normalized spacial score (nSPS) is 16.6. The maximum atomic E-state index is 13.5. The van der Waals surface area contributed by atoms with Gasteiger partial charge in [0.2, 0.25) is 9.84 Å². The Labute approximate surface area is 191 Å². The topological polar surface area (TPSA) is 131 Å². The average molecular weight is 492 g/mol. The van der Waals surface area contributed by atoms with E-state index >= 15 is 0 Å². The number of rotatable bonds is 5. The minimum absolute atomic E-state index is 0.108. The Morgan fingerprint density at radius 2 is 1.78 bits per heavy atom. The van der Waals surface area contributed by atoms with Crippen molar-refractivity contribution >= 4 is 48.8 Å². The number of amides is 1. The molecule has 1 N–H and O–H groups in total. The third-order valence-corrected chi connectivity index (χ3v) is 7.92. The van der Waals surface area contributed by atoms with Crippen molar-refractivity contribution in [1.82, 2.24) is 4.98 Å². The summed E-state index contributed by atoms with van der Waals surface area (Å²) in [6, 6.07) is 10.7. The van der Waals surface area contributed by atoms with E-state index < -0.39 is 37.4 Å². The summed E-state index contributed by atoms with van der Waals surface area (Å²) in [5.74, 6) is -2.00. The Morgan fingerprint density at radius 3 is 2.34 bits per heavy atom. The van der Waals surface area contributed by atoms with Gasteiger partial charge in [0.15, 0.2) is 10.9 Å². The zero-order chi connectivity index (χ0) is 23.2. The van der Waals surface area contributed by atoms with Crippen LogP contribution in [0.15, 0.2) is 70.3 Å². The fraction of sp³-hybridized carbons (Fsp3) is 0.100. The zero-order valence-corrected chi connectivity index (χ0v) is 18.7. The van der Waals surface area contributed by atoms with Crippen molar-refractivity contribution in [3.8, 4) is 0 Å². The fourth-order valence-corrected chi connectivity index (χ4v) is 5.81. The summed E-state index contributed by atoms with van der Waals surface area (Å²) in [4.78, 5) is 27.7. The molecule has 9 nitrogen and oxygen atoms in total. The number of aliphatic hydroxyl groups excluding tert-OH is 1. The molecule has 1 aromatic heterocycles. The van der Waals surface area contributed by atoms with E-state index in [0.717, 1.165) is 16.7 Å². The molecule has 2 aromatic carbocycles. The first-order valence-electron chi connectivity index (χ1n) is 9.05. The molecular formula is C20H14ClN3O6S2. The lowest BCUT2D eigenvalue weighted by atomic mass is 10.1. The third-order valence-electron chi connectivity index (χ3n) is 4.84. The number of halogens is 1. The van der Waals surface area contributed by atoms with Crippen LogP contribution >= 0.6 is 22.9 Å². The number of aliphatic hydroxyl groups is 1. The van der Waals surface area contributed by atoms with Crippen molar-refractivity contribution in [3.05, 3.63) is 91.7 Å². The third kappa shape index (κ3) is 3.64. The standard InChI is InChI=1S/C20H14ClN3O6S2/c1-11-2-8-14(9-3-11)32(29,30)18-16(12-4-6-13(21)7-5-12)23(19(26)17(18)25)20-22-10-15(31-20)24(27)28/h2-10,16,25H,1H3/t16-/m0/s1. The van der Waals surface area contributed by atoms with Crippen LogP contribution in [-0.4, -0.2) is 29.3 Å². The van der Waals surface area contributed by atoms with E-state index in [1.165, 1.54) is 36.4 Å². The van der Waals surface area contributed by atoms with Gasteiger partial charge in [0, 0.05) is 5.02 Å². The number of thiazole rings is 1. The smallest absolute Gasteiger partial charge is 0.345 e. The van der Waals surface area contributed by atoms with Gasteiger partial charge in [-0.1, -0.05) is 41.4 Å². The first kappa shape index (κ1) is 21.9. The zero-order valence-electron chi connectivity index (χ0n) is 16.3. The van der Waals surface area contributed by atoms with Crippen LogP contribution in [0, 0.1) is 17.0 Å². The molecule has 1 amide bonds. The van der Waals surface area contributed by atoms with Crippen LogP contribution in [0.5, 0.6) is 0 Å². The van der Waals surface area contributed by atoms with Gasteiger partial charge in [-0.3, -0.25) is 19.8 Å².